The molecule has 12 heteroatoms. The fourth-order valence-electron chi connectivity index (χ4n) is 2.28. The number of hydrogen-bond acceptors (Lipinski definition) is 10. The number of rotatable bonds is 9. The normalized spacial score (nSPS) is 11.1. The molecule has 10 nitrogen and oxygen atoms in total. The predicted molar refractivity (Wildman–Crippen MR) is 109 cm³/mol. The highest BCUT2D eigenvalue weighted by atomic mass is 32.2. The van der Waals surface area contributed by atoms with Crippen molar-refractivity contribution in [3.8, 4) is 0 Å². The molecule has 3 heterocycles. The van der Waals surface area contributed by atoms with Crippen molar-refractivity contribution in [2.24, 2.45) is 0 Å². The topological polar surface area (TPSA) is 135 Å². The molecule has 0 spiro atoms. The van der Waals surface area contributed by atoms with E-state index in [0.717, 1.165) is 17.0 Å². The third kappa shape index (κ3) is 5.47. The summed E-state index contributed by atoms with van der Waals surface area (Å²) in [6.45, 7) is 0.372. The summed E-state index contributed by atoms with van der Waals surface area (Å²) < 4.78 is 31.8. The van der Waals surface area contributed by atoms with Gasteiger partial charge in [-0.15, -0.1) is 21.5 Å². The molecule has 0 aliphatic heterocycles. The molecule has 0 fully saturated rings. The third-order valence-electron chi connectivity index (χ3n) is 3.61. The maximum absolute atomic E-state index is 12.4. The van der Waals surface area contributed by atoms with E-state index in [9.17, 15) is 13.2 Å². The van der Waals surface area contributed by atoms with Crippen LogP contribution in [0.1, 0.15) is 9.67 Å². The zero-order valence-electron chi connectivity index (χ0n) is 15.3. The fraction of sp³-hybridized carbons (Fsp3) is 0.176. The highest BCUT2D eigenvalue weighted by Crippen LogP contribution is 2.22. The Morgan fingerprint density at radius 2 is 1.93 bits per heavy atom. The predicted octanol–water partition coefficient (Wildman–Crippen LogP) is 1.85. The summed E-state index contributed by atoms with van der Waals surface area (Å²) in [5.74, 6) is 0.359. The summed E-state index contributed by atoms with van der Waals surface area (Å²) in [5, 5.41) is 15.6. The number of pyridine rings is 1. The monoisotopic (exact) mass is 434 g/mol. The molecule has 0 saturated carbocycles. The van der Waals surface area contributed by atoms with E-state index in [2.05, 4.69) is 35.3 Å². The summed E-state index contributed by atoms with van der Waals surface area (Å²) >= 11 is 1.01. The van der Waals surface area contributed by atoms with Crippen LogP contribution in [0.4, 0.5) is 17.3 Å². The second kappa shape index (κ2) is 9.41. The van der Waals surface area contributed by atoms with Gasteiger partial charge in [0.15, 0.2) is 5.82 Å². The van der Waals surface area contributed by atoms with Crippen LogP contribution in [0.3, 0.4) is 0 Å². The lowest BCUT2D eigenvalue weighted by molar-refractivity contribution is 0.0602. The summed E-state index contributed by atoms with van der Waals surface area (Å²) in [6.07, 6.45) is 3.34. The molecule has 0 aliphatic rings. The molecule has 0 aromatic carbocycles. The number of sulfonamides is 1. The van der Waals surface area contributed by atoms with E-state index in [1.807, 2.05) is 6.07 Å². The van der Waals surface area contributed by atoms with Crippen LogP contribution >= 0.6 is 11.3 Å². The Labute approximate surface area is 171 Å². The van der Waals surface area contributed by atoms with E-state index in [1.165, 1.54) is 18.6 Å². The molecular formula is C17H18N6O4S2. The largest absolute Gasteiger partial charge is 0.465 e. The van der Waals surface area contributed by atoms with Gasteiger partial charge in [-0.3, -0.25) is 4.98 Å². The van der Waals surface area contributed by atoms with Crippen molar-refractivity contribution in [3.63, 3.8) is 0 Å². The van der Waals surface area contributed by atoms with E-state index in [1.54, 1.807) is 30.6 Å². The Kier molecular flexibility index (Phi) is 6.69. The first kappa shape index (κ1) is 20.6. The lowest BCUT2D eigenvalue weighted by Gasteiger charge is -2.09. The van der Waals surface area contributed by atoms with Crippen molar-refractivity contribution in [1.82, 2.24) is 19.9 Å². The molecular weight excluding hydrogens is 416 g/mol. The zero-order chi connectivity index (χ0) is 20.7. The number of esters is 1. The summed E-state index contributed by atoms with van der Waals surface area (Å²) in [5.41, 5.74) is 0.789. The molecule has 0 aliphatic carbocycles. The summed E-state index contributed by atoms with van der Waals surface area (Å²) in [7, 11) is -2.63. The van der Waals surface area contributed by atoms with E-state index in [4.69, 9.17) is 0 Å². The minimum atomic E-state index is -3.83. The van der Waals surface area contributed by atoms with Crippen molar-refractivity contribution in [1.29, 1.82) is 0 Å². The Morgan fingerprint density at radius 3 is 2.62 bits per heavy atom. The van der Waals surface area contributed by atoms with Gasteiger partial charge in [0.1, 0.15) is 15.6 Å². The van der Waals surface area contributed by atoms with Crippen molar-refractivity contribution >= 4 is 44.7 Å². The van der Waals surface area contributed by atoms with Gasteiger partial charge in [-0.25, -0.2) is 17.9 Å². The van der Waals surface area contributed by atoms with Crippen LogP contribution in [0.2, 0.25) is 0 Å². The van der Waals surface area contributed by atoms with Crippen LogP contribution in [-0.4, -0.2) is 49.8 Å². The van der Waals surface area contributed by atoms with Gasteiger partial charge in [-0.2, -0.15) is 0 Å². The first-order valence-corrected chi connectivity index (χ1v) is 10.8. The van der Waals surface area contributed by atoms with E-state index in [-0.39, 0.29) is 22.9 Å². The fourth-order valence-corrected chi connectivity index (χ4v) is 4.65. The highest BCUT2D eigenvalue weighted by molar-refractivity contribution is 7.89. The Balaban J connectivity index is 1.50. The van der Waals surface area contributed by atoms with Crippen molar-refractivity contribution in [3.05, 3.63) is 53.0 Å². The Bertz CT molecular complexity index is 1060. The maximum Gasteiger partial charge on any atom is 0.349 e. The number of carbonyl (C=O) groups excluding carboxylic acids is 1. The molecule has 0 amide bonds. The molecule has 3 N–H and O–H groups in total. The lowest BCUT2D eigenvalue weighted by atomic mass is 10.4. The SMILES string of the molecule is COC(=O)c1sccc1S(=O)(=O)NCCNc1ccc(Nc2cccnc2)nn1. The quantitative estimate of drug-likeness (QED) is 0.340. The summed E-state index contributed by atoms with van der Waals surface area (Å²) in [6, 6.07) is 8.48. The number of ether oxygens (including phenoxy) is 1. The van der Waals surface area contributed by atoms with Crippen molar-refractivity contribution in [2.75, 3.05) is 30.8 Å². The molecule has 3 aromatic rings. The van der Waals surface area contributed by atoms with Crippen molar-refractivity contribution in [2.45, 2.75) is 4.90 Å². The average Bonchev–Trinajstić information content (AvgIpc) is 3.24. The molecule has 0 bridgehead atoms. The molecule has 0 radical (unpaired) electrons. The number of anilines is 3. The first-order valence-electron chi connectivity index (χ1n) is 8.40. The maximum atomic E-state index is 12.4. The molecule has 0 saturated heterocycles. The molecule has 0 unspecified atom stereocenters. The van der Waals surface area contributed by atoms with Gasteiger partial charge >= 0.3 is 5.97 Å². The van der Waals surface area contributed by atoms with Gasteiger partial charge in [0.25, 0.3) is 0 Å². The minimum absolute atomic E-state index is 0.0375. The molecule has 3 aromatic heterocycles. The zero-order valence-corrected chi connectivity index (χ0v) is 17.0. The van der Waals surface area contributed by atoms with E-state index >= 15 is 0 Å². The van der Waals surface area contributed by atoms with Crippen LogP contribution in [-0.2, 0) is 14.8 Å². The van der Waals surface area contributed by atoms with E-state index < -0.39 is 16.0 Å². The number of hydrogen-bond donors (Lipinski definition) is 3. The van der Waals surface area contributed by atoms with E-state index in [0.29, 0.717) is 11.6 Å². The molecule has 152 valence electrons. The molecule has 29 heavy (non-hydrogen) atoms. The third-order valence-corrected chi connectivity index (χ3v) is 6.14. The molecule has 3 rings (SSSR count). The molecule has 0 atom stereocenters. The van der Waals surface area contributed by atoms with Crippen LogP contribution in [0.25, 0.3) is 0 Å². The second-order valence-electron chi connectivity index (χ2n) is 5.60. The Morgan fingerprint density at radius 1 is 1.14 bits per heavy atom. The van der Waals surface area contributed by atoms with Crippen LogP contribution in [0.5, 0.6) is 0 Å². The van der Waals surface area contributed by atoms with Crippen LogP contribution in [0, 0.1) is 0 Å². The number of thiophene rings is 1. The summed E-state index contributed by atoms with van der Waals surface area (Å²) in [4.78, 5) is 15.6. The van der Waals surface area contributed by atoms with Gasteiger partial charge in [0.05, 0.1) is 19.0 Å². The van der Waals surface area contributed by atoms with Gasteiger partial charge in [0, 0.05) is 19.3 Å². The standard InChI is InChI=1S/C17H18N6O4S2/c1-27-17(24)16-13(6-10-28-16)29(25,26)20-9-8-19-14-4-5-15(23-22-14)21-12-3-2-7-18-11-12/h2-7,10-11,20H,8-9H2,1H3,(H,19,22)(H,21,23). The Hall–Kier alpha value is -3.09. The van der Waals surface area contributed by atoms with Crippen LogP contribution < -0.4 is 15.4 Å². The number of methoxy groups -OCH3 is 1. The van der Waals surface area contributed by atoms with Crippen LogP contribution in [0.15, 0.2) is 53.0 Å². The van der Waals surface area contributed by atoms with Crippen molar-refractivity contribution < 1.29 is 17.9 Å². The number of carbonyl (C=O) groups is 1. The van der Waals surface area contributed by atoms with Gasteiger partial charge in [-0.1, -0.05) is 0 Å². The minimum Gasteiger partial charge on any atom is -0.465 e. The van der Waals surface area contributed by atoms with Gasteiger partial charge < -0.3 is 15.4 Å². The second-order valence-corrected chi connectivity index (χ2v) is 8.25. The van der Waals surface area contributed by atoms with Gasteiger partial charge in [0.2, 0.25) is 10.0 Å². The first-order chi connectivity index (χ1) is 14.0. The lowest BCUT2D eigenvalue weighted by Crippen LogP contribution is -2.29. The number of aromatic nitrogens is 3. The smallest absolute Gasteiger partial charge is 0.349 e. The van der Waals surface area contributed by atoms with Gasteiger partial charge in [-0.05, 0) is 35.7 Å². The average molecular weight is 435 g/mol. The number of nitrogens with zero attached hydrogens (tertiary/aromatic N) is 3. The number of nitrogens with one attached hydrogen (secondary N) is 3. The highest BCUT2D eigenvalue weighted by Gasteiger charge is 2.24.